The summed E-state index contributed by atoms with van der Waals surface area (Å²) in [6, 6.07) is 12.4. The molecule has 0 bridgehead atoms. The molecule has 0 N–H and O–H groups in total. The summed E-state index contributed by atoms with van der Waals surface area (Å²) >= 11 is 8.39. The third kappa shape index (κ3) is 7.93. The average Bonchev–Trinajstić information content (AvgIpc) is 3.58. The van der Waals surface area contributed by atoms with Crippen LogP contribution in [0.25, 0.3) is 10.1 Å². The van der Waals surface area contributed by atoms with Crippen molar-refractivity contribution in [3.05, 3.63) is 52.5 Å². The van der Waals surface area contributed by atoms with Crippen LogP contribution < -0.4 is 9.80 Å². The molecule has 0 saturated carbocycles. The van der Waals surface area contributed by atoms with E-state index in [1.54, 1.807) is 16.4 Å². The van der Waals surface area contributed by atoms with E-state index in [9.17, 15) is 9.59 Å². The summed E-state index contributed by atoms with van der Waals surface area (Å²) in [6.07, 6.45) is 8.89. The van der Waals surface area contributed by atoms with E-state index in [0.717, 1.165) is 81.0 Å². The molecule has 44 heavy (non-hydrogen) atoms. The number of hydrogen-bond donors (Lipinski definition) is 0. The van der Waals surface area contributed by atoms with Crippen LogP contribution >= 0.6 is 23.1 Å². The van der Waals surface area contributed by atoms with Gasteiger partial charge in [-0.2, -0.15) is 4.37 Å². The molecule has 7 nitrogen and oxygen atoms in total. The van der Waals surface area contributed by atoms with Crippen molar-refractivity contribution in [2.75, 3.05) is 42.5 Å². The maximum atomic E-state index is 13.3. The van der Waals surface area contributed by atoms with E-state index < -0.39 is 6.23 Å². The Morgan fingerprint density at radius 2 is 1.75 bits per heavy atom. The van der Waals surface area contributed by atoms with E-state index in [1.807, 2.05) is 19.9 Å². The Hall–Kier alpha value is -2.68. The van der Waals surface area contributed by atoms with Crippen molar-refractivity contribution < 1.29 is 14.3 Å². The van der Waals surface area contributed by atoms with Crippen molar-refractivity contribution in [1.29, 1.82) is 0 Å². The highest BCUT2D eigenvalue weighted by Crippen LogP contribution is 2.37. The molecule has 0 radical (unpaired) electrons. The lowest BCUT2D eigenvalue weighted by molar-refractivity contribution is -0.152. The first-order valence-electron chi connectivity index (χ1n) is 16.5. The predicted molar refractivity (Wildman–Crippen MR) is 182 cm³/mol. The van der Waals surface area contributed by atoms with Crippen molar-refractivity contribution >= 4 is 56.6 Å². The molecule has 2 aromatic carbocycles. The molecule has 1 fully saturated rings. The fourth-order valence-electron chi connectivity index (χ4n) is 6.35. The molecule has 1 saturated heterocycles. The van der Waals surface area contributed by atoms with Crippen LogP contribution in [-0.4, -0.2) is 60.1 Å². The number of piperazine rings is 1. The van der Waals surface area contributed by atoms with E-state index in [2.05, 4.69) is 47.1 Å². The number of esters is 1. The molecule has 2 aliphatic heterocycles. The predicted octanol–water partition coefficient (Wildman–Crippen LogP) is 7.87. The number of halogens is 1. The van der Waals surface area contributed by atoms with Crippen molar-refractivity contribution in [3.8, 4) is 0 Å². The number of nitrogens with zero attached hydrogens (tertiary/aromatic N) is 4. The zero-order valence-electron chi connectivity index (χ0n) is 26.5. The minimum Gasteiger partial charge on any atom is -0.441 e. The highest BCUT2D eigenvalue weighted by atomic mass is 35.5. The van der Waals surface area contributed by atoms with Gasteiger partial charge in [-0.25, -0.2) is 0 Å². The number of hydrogen-bond acceptors (Lipinski definition) is 7. The lowest BCUT2D eigenvalue weighted by atomic mass is 10.0. The Bertz CT molecular complexity index is 1420. The molecular weight excluding hydrogens is 592 g/mol. The number of ether oxygens (including phenoxy) is 1. The van der Waals surface area contributed by atoms with Crippen LogP contribution in [0.1, 0.15) is 83.3 Å². The molecule has 3 aromatic rings. The summed E-state index contributed by atoms with van der Waals surface area (Å²) in [5.41, 5.74) is 2.80. The van der Waals surface area contributed by atoms with Crippen LogP contribution in [0, 0.1) is 5.92 Å². The van der Waals surface area contributed by atoms with E-state index in [4.69, 9.17) is 20.7 Å². The number of aromatic nitrogens is 1. The summed E-state index contributed by atoms with van der Waals surface area (Å²) in [6.45, 7) is 10.9. The highest BCUT2D eigenvalue weighted by molar-refractivity contribution is 7.13. The first-order valence-corrected chi connectivity index (χ1v) is 17.7. The number of benzene rings is 2. The summed E-state index contributed by atoms with van der Waals surface area (Å²) in [5, 5.41) is 1.90. The standard InChI is InChI=1S/C35H47ClN4O3S/c1-4-5-6-7-8-9-10-15-33(42)43-35(25(2)3)40-30-24-29(36)26(22-27(30)23-32(40)41)16-17-38-18-20-39(21-19-38)34-28-13-11-12-14-31(28)44-37-34/h11-14,22,24-25,35H,4-10,15-21,23H2,1-3H3. The van der Waals surface area contributed by atoms with Crippen molar-refractivity contribution in [3.63, 3.8) is 0 Å². The Kier molecular flexibility index (Phi) is 11.6. The Morgan fingerprint density at radius 1 is 1.02 bits per heavy atom. The first-order chi connectivity index (χ1) is 21.4. The monoisotopic (exact) mass is 638 g/mol. The number of unbranched alkanes of at least 4 members (excludes halogenated alkanes) is 6. The van der Waals surface area contributed by atoms with Gasteiger partial charge in [-0.1, -0.05) is 89.1 Å². The van der Waals surface area contributed by atoms with Crippen LogP contribution in [-0.2, 0) is 27.2 Å². The minimum absolute atomic E-state index is 0.0396. The number of carbonyl (C=O) groups is 2. The van der Waals surface area contributed by atoms with Gasteiger partial charge >= 0.3 is 5.97 Å². The molecule has 3 heterocycles. The normalized spacial score (nSPS) is 16.2. The van der Waals surface area contributed by atoms with E-state index >= 15 is 0 Å². The van der Waals surface area contributed by atoms with E-state index in [1.165, 1.54) is 35.8 Å². The molecule has 238 valence electrons. The second kappa shape index (κ2) is 15.5. The Labute approximate surface area is 271 Å². The number of rotatable bonds is 15. The fourth-order valence-corrected chi connectivity index (χ4v) is 7.40. The molecule has 1 unspecified atom stereocenters. The molecule has 2 aliphatic rings. The lowest BCUT2D eigenvalue weighted by Gasteiger charge is -2.35. The van der Waals surface area contributed by atoms with Crippen molar-refractivity contribution in [1.82, 2.24) is 9.27 Å². The summed E-state index contributed by atoms with van der Waals surface area (Å²) in [4.78, 5) is 32.6. The molecule has 1 aromatic heterocycles. The lowest BCUT2D eigenvalue weighted by Crippen LogP contribution is -2.47. The van der Waals surface area contributed by atoms with Crippen molar-refractivity contribution in [2.24, 2.45) is 5.92 Å². The van der Waals surface area contributed by atoms with Gasteiger partial charge in [0, 0.05) is 55.5 Å². The van der Waals surface area contributed by atoms with Gasteiger partial charge in [0.05, 0.1) is 16.8 Å². The van der Waals surface area contributed by atoms with Gasteiger partial charge in [0.15, 0.2) is 6.23 Å². The largest absolute Gasteiger partial charge is 0.441 e. The number of fused-ring (bicyclic) bond motifs is 2. The maximum Gasteiger partial charge on any atom is 0.307 e. The van der Waals surface area contributed by atoms with Gasteiger partial charge in [-0.15, -0.1) is 0 Å². The summed E-state index contributed by atoms with van der Waals surface area (Å²) in [7, 11) is 0. The summed E-state index contributed by atoms with van der Waals surface area (Å²) < 4.78 is 11.9. The fraction of sp³-hybridized carbons (Fsp3) is 0.571. The maximum absolute atomic E-state index is 13.3. The van der Waals surface area contributed by atoms with Crippen LogP contribution in [0.15, 0.2) is 36.4 Å². The SMILES string of the molecule is CCCCCCCCCC(=O)OC(C(C)C)N1C(=O)Cc2cc(CCN3CCN(c4nsc5ccccc45)CC3)c(Cl)cc21. The van der Waals surface area contributed by atoms with Crippen LogP contribution in [0.3, 0.4) is 0 Å². The van der Waals surface area contributed by atoms with Gasteiger partial charge in [-0.05, 0) is 53.7 Å². The van der Waals surface area contributed by atoms with Crippen LogP contribution in [0.4, 0.5) is 11.5 Å². The average molecular weight is 639 g/mol. The van der Waals surface area contributed by atoms with E-state index in [0.29, 0.717) is 17.9 Å². The van der Waals surface area contributed by atoms with Gasteiger partial charge < -0.3 is 9.64 Å². The summed E-state index contributed by atoms with van der Waals surface area (Å²) in [5.74, 6) is 0.789. The molecule has 5 rings (SSSR count). The minimum atomic E-state index is -0.631. The third-order valence-corrected chi connectivity index (χ3v) is 10.1. The second-order valence-electron chi connectivity index (χ2n) is 12.6. The smallest absolute Gasteiger partial charge is 0.307 e. The zero-order valence-corrected chi connectivity index (χ0v) is 28.1. The number of anilines is 2. The molecule has 1 atom stereocenters. The third-order valence-electron chi connectivity index (χ3n) is 8.91. The topological polar surface area (TPSA) is 66.0 Å². The second-order valence-corrected chi connectivity index (χ2v) is 13.8. The highest BCUT2D eigenvalue weighted by Gasteiger charge is 2.37. The molecule has 1 amide bonds. The molecule has 0 spiro atoms. The molecule has 0 aliphatic carbocycles. The Balaban J connectivity index is 1.14. The van der Waals surface area contributed by atoms with Gasteiger partial charge in [-0.3, -0.25) is 19.4 Å². The quantitative estimate of drug-likeness (QED) is 0.125. The van der Waals surface area contributed by atoms with Gasteiger partial charge in [0.1, 0.15) is 5.82 Å². The molecule has 9 heteroatoms. The molecular formula is C35H47ClN4O3S. The Morgan fingerprint density at radius 3 is 2.50 bits per heavy atom. The van der Waals surface area contributed by atoms with Gasteiger partial charge in [0.2, 0.25) is 5.91 Å². The number of carbonyl (C=O) groups excluding carboxylic acids is 2. The van der Waals surface area contributed by atoms with Crippen molar-refractivity contribution in [2.45, 2.75) is 91.2 Å². The van der Waals surface area contributed by atoms with E-state index in [-0.39, 0.29) is 17.8 Å². The van der Waals surface area contributed by atoms with Crippen LogP contribution in [0.2, 0.25) is 5.02 Å². The number of amides is 1. The first kappa shape index (κ1) is 32.7. The van der Waals surface area contributed by atoms with Crippen LogP contribution in [0.5, 0.6) is 0 Å². The zero-order chi connectivity index (χ0) is 31.1. The van der Waals surface area contributed by atoms with Gasteiger partial charge in [0.25, 0.3) is 0 Å².